The lowest BCUT2D eigenvalue weighted by Gasteiger charge is -2.22. The number of guanidine groups is 1. The number of alkyl halides is 2. The monoisotopic (exact) mass is 464 g/mol. The molecule has 0 aromatic carbocycles. The highest BCUT2D eigenvalue weighted by atomic mass is 127. The summed E-state index contributed by atoms with van der Waals surface area (Å²) in [5.74, 6) is 0.486. The predicted molar refractivity (Wildman–Crippen MR) is 92.0 cm³/mol. The summed E-state index contributed by atoms with van der Waals surface area (Å²) in [6.07, 6.45) is -0.474. The molecule has 4 nitrogen and oxygen atoms in total. The second-order valence-corrected chi connectivity index (χ2v) is 5.12. The molecule has 1 rings (SSSR count). The number of aromatic nitrogens is 1. The van der Waals surface area contributed by atoms with E-state index in [4.69, 9.17) is 0 Å². The van der Waals surface area contributed by atoms with Gasteiger partial charge in [0.1, 0.15) is 6.54 Å². The molecule has 0 aliphatic heterocycles. The molecule has 0 saturated carbocycles. The highest BCUT2D eigenvalue weighted by molar-refractivity contribution is 14.0. The maximum Gasteiger partial charge on any atom is 0.257 e. The molecule has 0 atom stereocenters. The molecule has 116 valence electrons. The number of aryl methyl sites for hydroxylation is 1. The van der Waals surface area contributed by atoms with Gasteiger partial charge >= 0.3 is 0 Å². The summed E-state index contributed by atoms with van der Waals surface area (Å²) < 4.78 is 27.4. The Kier molecular flexibility index (Phi) is 9.36. The Morgan fingerprint density at radius 3 is 2.65 bits per heavy atom. The third-order valence-electron chi connectivity index (χ3n) is 2.55. The molecule has 20 heavy (non-hydrogen) atoms. The van der Waals surface area contributed by atoms with Gasteiger partial charge in [0.2, 0.25) is 0 Å². The summed E-state index contributed by atoms with van der Waals surface area (Å²) in [7, 11) is 3.77. The lowest BCUT2D eigenvalue weighted by Crippen LogP contribution is -2.39. The molecule has 0 aliphatic rings. The summed E-state index contributed by atoms with van der Waals surface area (Å²) in [5.41, 5.74) is 1.07. The first kappa shape index (κ1) is 19.6. The molecule has 0 spiro atoms. The van der Waals surface area contributed by atoms with Crippen molar-refractivity contribution in [3.05, 3.63) is 22.4 Å². The molecule has 0 fully saturated rings. The second kappa shape index (κ2) is 9.54. The van der Waals surface area contributed by atoms with Crippen molar-refractivity contribution in [2.75, 3.05) is 20.1 Å². The third kappa shape index (κ3) is 6.38. The average molecular weight is 465 g/mol. The van der Waals surface area contributed by atoms with Crippen molar-refractivity contribution in [2.45, 2.75) is 19.9 Å². The summed E-state index contributed by atoms with van der Waals surface area (Å²) in [6, 6.07) is 1.99. The summed E-state index contributed by atoms with van der Waals surface area (Å²) in [6.45, 7) is 2.66. The molecule has 0 aliphatic carbocycles. The minimum atomic E-state index is -2.42. The van der Waals surface area contributed by atoms with Crippen molar-refractivity contribution in [3.63, 3.8) is 0 Å². The second-order valence-electron chi connectivity index (χ2n) is 4.20. The van der Waals surface area contributed by atoms with Gasteiger partial charge in [-0.3, -0.25) is 0 Å². The summed E-state index contributed by atoms with van der Waals surface area (Å²) >= 11 is 3.41. The van der Waals surface area contributed by atoms with Gasteiger partial charge in [-0.2, -0.15) is 0 Å². The average Bonchev–Trinajstić information content (AvgIpc) is 2.62. The Morgan fingerprint density at radius 1 is 1.55 bits per heavy atom. The van der Waals surface area contributed by atoms with Gasteiger partial charge in [-0.05, 0) is 28.9 Å². The molecule has 0 radical (unpaired) electrons. The van der Waals surface area contributed by atoms with Gasteiger partial charge in [-0.1, -0.05) is 0 Å². The van der Waals surface area contributed by atoms with E-state index in [1.54, 1.807) is 0 Å². The van der Waals surface area contributed by atoms with Crippen LogP contribution in [0.25, 0.3) is 0 Å². The fourth-order valence-electron chi connectivity index (χ4n) is 1.67. The van der Waals surface area contributed by atoms with Gasteiger partial charge in [0.15, 0.2) is 5.96 Å². The van der Waals surface area contributed by atoms with Crippen LogP contribution in [0, 0.1) is 0 Å². The number of halogens is 4. The third-order valence-corrected chi connectivity index (χ3v) is 2.98. The standard InChI is InChI=1S/C12H19BrF2N4.HI/c1-4-16-12(17-6-11(14)15)19(3)8-10-5-9(13)7-18(10)2;/h5,7,11H,4,6,8H2,1-3H3,(H,16,17);1H. The Morgan fingerprint density at radius 2 is 2.20 bits per heavy atom. The fourth-order valence-corrected chi connectivity index (χ4v) is 2.24. The van der Waals surface area contributed by atoms with Crippen LogP contribution in [0.2, 0.25) is 0 Å². The van der Waals surface area contributed by atoms with Gasteiger partial charge < -0.3 is 14.8 Å². The van der Waals surface area contributed by atoms with E-state index < -0.39 is 13.0 Å². The van der Waals surface area contributed by atoms with E-state index in [9.17, 15) is 8.78 Å². The van der Waals surface area contributed by atoms with Crippen molar-refractivity contribution < 1.29 is 8.78 Å². The first-order valence-corrected chi connectivity index (χ1v) is 6.81. The van der Waals surface area contributed by atoms with Crippen molar-refractivity contribution in [1.82, 2.24) is 14.8 Å². The molecular formula is C12H20BrF2IN4. The smallest absolute Gasteiger partial charge is 0.257 e. The van der Waals surface area contributed by atoms with Gasteiger partial charge in [0.05, 0.1) is 6.54 Å². The van der Waals surface area contributed by atoms with E-state index >= 15 is 0 Å². The molecule has 1 N–H and O–H groups in total. The maximum absolute atomic E-state index is 12.2. The highest BCUT2D eigenvalue weighted by Gasteiger charge is 2.10. The van der Waals surface area contributed by atoms with E-state index in [0.29, 0.717) is 19.0 Å². The van der Waals surface area contributed by atoms with E-state index in [1.807, 2.05) is 42.7 Å². The topological polar surface area (TPSA) is 32.6 Å². The molecule has 1 heterocycles. The van der Waals surface area contributed by atoms with E-state index in [0.717, 1.165) is 10.2 Å². The zero-order chi connectivity index (χ0) is 14.4. The van der Waals surface area contributed by atoms with Crippen molar-refractivity contribution in [2.24, 2.45) is 12.0 Å². The SMILES string of the molecule is CCNC(=NCC(F)F)N(C)Cc1cc(Br)cn1C.I. The van der Waals surface area contributed by atoms with Crippen molar-refractivity contribution in [1.29, 1.82) is 0 Å². The van der Waals surface area contributed by atoms with Crippen LogP contribution in [0.5, 0.6) is 0 Å². The van der Waals surface area contributed by atoms with Crippen LogP contribution in [0.3, 0.4) is 0 Å². The van der Waals surface area contributed by atoms with Crippen LogP contribution in [0.4, 0.5) is 8.78 Å². The summed E-state index contributed by atoms with van der Waals surface area (Å²) in [5, 5.41) is 3.01. The van der Waals surface area contributed by atoms with Gasteiger partial charge in [0, 0.05) is 37.0 Å². The van der Waals surface area contributed by atoms with Crippen LogP contribution in [0.1, 0.15) is 12.6 Å². The molecule has 0 saturated heterocycles. The quantitative estimate of drug-likeness (QED) is 0.412. The van der Waals surface area contributed by atoms with Gasteiger partial charge in [0.25, 0.3) is 6.43 Å². The zero-order valence-corrected chi connectivity index (χ0v) is 15.7. The van der Waals surface area contributed by atoms with Crippen LogP contribution in [0.15, 0.2) is 21.7 Å². The molecule has 0 bridgehead atoms. The van der Waals surface area contributed by atoms with E-state index in [2.05, 4.69) is 26.2 Å². The number of aliphatic imine (C=N–C) groups is 1. The normalized spacial score (nSPS) is 11.4. The lowest BCUT2D eigenvalue weighted by atomic mass is 10.4. The molecule has 8 heteroatoms. The molecule has 0 unspecified atom stereocenters. The zero-order valence-electron chi connectivity index (χ0n) is 11.7. The van der Waals surface area contributed by atoms with Gasteiger partial charge in [-0.15, -0.1) is 24.0 Å². The predicted octanol–water partition coefficient (Wildman–Crippen LogP) is 3.07. The van der Waals surface area contributed by atoms with Crippen LogP contribution in [-0.4, -0.2) is 42.0 Å². The Balaban J connectivity index is 0.00000361. The first-order chi connectivity index (χ1) is 8.93. The highest BCUT2D eigenvalue weighted by Crippen LogP contribution is 2.15. The number of nitrogens with one attached hydrogen (secondary N) is 1. The fraction of sp³-hybridized carbons (Fsp3) is 0.583. The Labute approximate surface area is 143 Å². The number of hydrogen-bond donors (Lipinski definition) is 1. The maximum atomic E-state index is 12.2. The van der Waals surface area contributed by atoms with Crippen molar-refractivity contribution in [3.8, 4) is 0 Å². The largest absolute Gasteiger partial charge is 0.357 e. The van der Waals surface area contributed by atoms with E-state index in [-0.39, 0.29) is 24.0 Å². The van der Waals surface area contributed by atoms with Crippen molar-refractivity contribution >= 4 is 45.9 Å². The van der Waals surface area contributed by atoms with E-state index in [1.165, 1.54) is 0 Å². The van der Waals surface area contributed by atoms with Crippen LogP contribution >= 0.6 is 39.9 Å². The first-order valence-electron chi connectivity index (χ1n) is 6.02. The Hall–Kier alpha value is -0.380. The Bertz CT molecular complexity index is 437. The van der Waals surface area contributed by atoms with Crippen LogP contribution in [-0.2, 0) is 13.6 Å². The molecule has 1 aromatic heterocycles. The van der Waals surface area contributed by atoms with Gasteiger partial charge in [-0.25, -0.2) is 13.8 Å². The number of nitrogens with zero attached hydrogens (tertiary/aromatic N) is 3. The van der Waals surface area contributed by atoms with Crippen LogP contribution < -0.4 is 5.32 Å². The number of rotatable bonds is 5. The minimum Gasteiger partial charge on any atom is -0.357 e. The lowest BCUT2D eigenvalue weighted by molar-refractivity contribution is 0.158. The molecule has 1 aromatic rings. The minimum absolute atomic E-state index is 0. The molecular weight excluding hydrogens is 445 g/mol. The summed E-state index contributed by atoms with van der Waals surface area (Å²) in [4.78, 5) is 5.73. The number of hydrogen-bond acceptors (Lipinski definition) is 1. The molecule has 0 amide bonds.